The summed E-state index contributed by atoms with van der Waals surface area (Å²) in [6, 6.07) is 0. The Morgan fingerprint density at radius 3 is 2.28 bits per heavy atom. The fourth-order valence-corrected chi connectivity index (χ4v) is 7.33. The molecule has 0 aromatic heterocycles. The van der Waals surface area contributed by atoms with Gasteiger partial charge in [-0.2, -0.15) is 0 Å². The maximum Gasteiger partial charge on any atom is 0.170 e. The van der Waals surface area contributed by atoms with Crippen molar-refractivity contribution >= 4 is 5.78 Å². The molecule has 25 heavy (non-hydrogen) atoms. The van der Waals surface area contributed by atoms with Gasteiger partial charge in [-0.1, -0.05) is 27.4 Å². The number of hydrogen-bond donors (Lipinski definition) is 4. The van der Waals surface area contributed by atoms with E-state index in [4.69, 9.17) is 0 Å². The minimum atomic E-state index is -1.33. The number of aliphatic hydroxyl groups is 4. The lowest BCUT2D eigenvalue weighted by molar-refractivity contribution is -0.261. The van der Waals surface area contributed by atoms with Crippen molar-refractivity contribution < 1.29 is 25.2 Å². The second kappa shape index (κ2) is 4.94. The first-order valence-electron chi connectivity index (χ1n) is 9.46. The highest BCUT2D eigenvalue weighted by Gasteiger charge is 2.76. The fourth-order valence-electron chi connectivity index (χ4n) is 7.33. The molecule has 4 saturated carbocycles. The monoisotopic (exact) mass is 350 g/mol. The highest BCUT2D eigenvalue weighted by Crippen LogP contribution is 2.70. The summed E-state index contributed by atoms with van der Waals surface area (Å²) in [5.41, 5.74) is -1.82. The molecule has 9 atom stereocenters. The first-order valence-corrected chi connectivity index (χ1v) is 9.46. The van der Waals surface area contributed by atoms with Gasteiger partial charge in [-0.3, -0.25) is 4.79 Å². The molecule has 4 N–H and O–H groups in total. The number of carbonyl (C=O) groups is 1. The second-order valence-electron chi connectivity index (χ2n) is 9.83. The lowest BCUT2D eigenvalue weighted by Crippen LogP contribution is -2.71. The van der Waals surface area contributed by atoms with Crippen molar-refractivity contribution in [3.63, 3.8) is 0 Å². The molecule has 4 rings (SSSR count). The molecule has 4 aliphatic rings. The Morgan fingerprint density at radius 1 is 1.00 bits per heavy atom. The third-order valence-electron chi connectivity index (χ3n) is 8.62. The molecule has 1 spiro atoms. The molecule has 0 aromatic rings. The van der Waals surface area contributed by atoms with Crippen LogP contribution in [0.2, 0.25) is 0 Å². The Balaban J connectivity index is 1.93. The molecule has 2 bridgehead atoms. The van der Waals surface area contributed by atoms with Crippen LogP contribution in [0.1, 0.15) is 46.5 Å². The van der Waals surface area contributed by atoms with E-state index in [1.165, 1.54) is 0 Å². The van der Waals surface area contributed by atoms with Crippen molar-refractivity contribution in [1.29, 1.82) is 0 Å². The summed E-state index contributed by atoms with van der Waals surface area (Å²) in [5.74, 6) is -1.45. The predicted molar refractivity (Wildman–Crippen MR) is 91.4 cm³/mol. The maximum atomic E-state index is 13.2. The molecule has 5 nitrogen and oxygen atoms in total. The lowest BCUT2D eigenvalue weighted by atomic mass is 9.39. The van der Waals surface area contributed by atoms with E-state index in [2.05, 4.69) is 20.4 Å². The molecular weight excluding hydrogens is 320 g/mol. The van der Waals surface area contributed by atoms with Gasteiger partial charge in [0.25, 0.3) is 0 Å². The van der Waals surface area contributed by atoms with Crippen molar-refractivity contribution in [3.05, 3.63) is 12.2 Å². The zero-order chi connectivity index (χ0) is 18.5. The van der Waals surface area contributed by atoms with E-state index < -0.39 is 47.1 Å². The van der Waals surface area contributed by atoms with Crippen LogP contribution in [0.15, 0.2) is 12.2 Å². The average Bonchev–Trinajstić information content (AvgIpc) is 2.66. The van der Waals surface area contributed by atoms with Gasteiger partial charge in [0.1, 0.15) is 0 Å². The summed E-state index contributed by atoms with van der Waals surface area (Å²) < 4.78 is 0. The summed E-state index contributed by atoms with van der Waals surface area (Å²) in [7, 11) is 0. The van der Waals surface area contributed by atoms with Gasteiger partial charge in [-0.05, 0) is 48.5 Å². The van der Waals surface area contributed by atoms with Gasteiger partial charge in [0.15, 0.2) is 5.78 Å². The maximum absolute atomic E-state index is 13.2. The number of Topliss-reactive ketones (excluding diaryl/α,β-unsaturated/α-hetero) is 1. The van der Waals surface area contributed by atoms with Crippen molar-refractivity contribution in [2.75, 3.05) is 0 Å². The molecule has 0 radical (unpaired) electrons. The Labute approximate surface area is 148 Å². The normalized spacial score (nSPS) is 57.2. The van der Waals surface area contributed by atoms with Gasteiger partial charge in [-0.25, -0.2) is 0 Å². The van der Waals surface area contributed by atoms with E-state index in [1.54, 1.807) is 0 Å². The highest BCUT2D eigenvalue weighted by molar-refractivity contribution is 6.04. The fraction of sp³-hybridized carbons (Fsp3) is 0.850. The van der Waals surface area contributed by atoms with E-state index in [9.17, 15) is 25.2 Å². The lowest BCUT2D eigenvalue weighted by Gasteiger charge is -2.66. The number of rotatable bonds is 0. The average molecular weight is 350 g/mol. The van der Waals surface area contributed by atoms with Gasteiger partial charge in [-0.15, -0.1) is 0 Å². The standard InChI is InChI=1S/C20H30O5/c1-9-15-10(21)7-12-19(4)11(18(2,3)6-5-13(19)22)8-14(23)20(12,16(9)24)17(15)25/h10-15,17,21-23,25H,1,5-8H2,2-4H3/t10-,11+,12-,13-,14?,15?,17-,19+,20?/m0/s1. The van der Waals surface area contributed by atoms with E-state index in [-0.39, 0.29) is 22.7 Å². The third-order valence-corrected chi connectivity index (χ3v) is 8.62. The van der Waals surface area contributed by atoms with Crippen molar-refractivity contribution in [3.8, 4) is 0 Å². The number of ketones is 1. The zero-order valence-corrected chi connectivity index (χ0v) is 15.3. The first-order chi connectivity index (χ1) is 11.5. The van der Waals surface area contributed by atoms with E-state index in [1.807, 2.05) is 6.92 Å². The molecule has 0 heterocycles. The van der Waals surface area contributed by atoms with Crippen LogP contribution < -0.4 is 0 Å². The molecule has 4 aliphatic carbocycles. The molecule has 3 unspecified atom stereocenters. The smallest absolute Gasteiger partial charge is 0.170 e. The topological polar surface area (TPSA) is 98.0 Å². The zero-order valence-electron chi connectivity index (χ0n) is 15.3. The number of hydrogen-bond acceptors (Lipinski definition) is 5. The minimum absolute atomic E-state index is 0.0204. The van der Waals surface area contributed by atoms with Crippen LogP contribution in [0, 0.1) is 34.0 Å². The van der Waals surface area contributed by atoms with Crippen molar-refractivity contribution in [2.24, 2.45) is 34.0 Å². The number of carbonyl (C=O) groups excluding carboxylic acids is 1. The van der Waals surface area contributed by atoms with E-state index in [0.29, 0.717) is 19.3 Å². The van der Waals surface area contributed by atoms with Gasteiger partial charge in [0.2, 0.25) is 0 Å². The Kier molecular flexibility index (Phi) is 3.49. The van der Waals surface area contributed by atoms with Crippen LogP contribution in [0.4, 0.5) is 0 Å². The van der Waals surface area contributed by atoms with E-state index in [0.717, 1.165) is 6.42 Å². The van der Waals surface area contributed by atoms with Crippen molar-refractivity contribution in [2.45, 2.75) is 70.9 Å². The van der Waals surface area contributed by atoms with E-state index >= 15 is 0 Å². The largest absolute Gasteiger partial charge is 0.393 e. The summed E-state index contributed by atoms with van der Waals surface area (Å²) in [6.07, 6.45) is -1.41. The number of aliphatic hydroxyl groups excluding tert-OH is 4. The van der Waals surface area contributed by atoms with Gasteiger partial charge >= 0.3 is 0 Å². The van der Waals surface area contributed by atoms with Crippen molar-refractivity contribution in [1.82, 2.24) is 0 Å². The van der Waals surface area contributed by atoms with Crippen LogP contribution >= 0.6 is 0 Å². The Bertz CT molecular complexity index is 642. The van der Waals surface area contributed by atoms with Crippen LogP contribution in [0.5, 0.6) is 0 Å². The molecule has 140 valence electrons. The molecule has 4 fully saturated rings. The van der Waals surface area contributed by atoms with Gasteiger partial charge in [0.05, 0.1) is 29.8 Å². The molecule has 0 aliphatic heterocycles. The summed E-state index contributed by atoms with van der Waals surface area (Å²) in [5, 5.41) is 43.8. The van der Waals surface area contributed by atoms with Crippen LogP contribution in [-0.2, 0) is 4.79 Å². The quantitative estimate of drug-likeness (QED) is 0.489. The first kappa shape index (κ1) is 17.7. The SMILES string of the molecule is C=C1C(=O)C23C(O)C[C@@H]4C(C)(C)CC[C@H](O)[C@@]4(C)[C@@H]2C[C@H](O)C1[C@@H]3O. The Hall–Kier alpha value is -0.750. The Morgan fingerprint density at radius 2 is 1.64 bits per heavy atom. The summed E-state index contributed by atoms with van der Waals surface area (Å²) >= 11 is 0. The molecule has 0 amide bonds. The molecule has 0 aromatic carbocycles. The molecule has 5 heteroatoms. The van der Waals surface area contributed by atoms with Gasteiger partial charge in [0, 0.05) is 11.3 Å². The third kappa shape index (κ3) is 1.76. The van der Waals surface area contributed by atoms with Crippen LogP contribution in [0.3, 0.4) is 0 Å². The summed E-state index contributed by atoms with van der Waals surface area (Å²) in [4.78, 5) is 13.2. The number of fused-ring (bicyclic) bond motifs is 3. The van der Waals surface area contributed by atoms with Gasteiger partial charge < -0.3 is 20.4 Å². The van der Waals surface area contributed by atoms with Crippen LogP contribution in [0.25, 0.3) is 0 Å². The molecule has 0 saturated heterocycles. The predicted octanol–water partition coefficient (Wildman–Crippen LogP) is 1.04. The minimum Gasteiger partial charge on any atom is -0.393 e. The second-order valence-corrected chi connectivity index (χ2v) is 9.83. The molecular formula is C20H30O5. The van der Waals surface area contributed by atoms with Crippen LogP contribution in [-0.4, -0.2) is 50.6 Å². The highest BCUT2D eigenvalue weighted by atomic mass is 16.3. The summed E-state index contributed by atoms with van der Waals surface area (Å²) in [6.45, 7) is 10.1.